The summed E-state index contributed by atoms with van der Waals surface area (Å²) in [7, 11) is 0. The lowest BCUT2D eigenvalue weighted by Crippen LogP contribution is -2.48. The third-order valence-corrected chi connectivity index (χ3v) is 4.67. The highest BCUT2D eigenvalue weighted by atomic mass is 35.5. The summed E-state index contributed by atoms with van der Waals surface area (Å²) in [6.07, 6.45) is -0.832. The maximum absolute atomic E-state index is 11.0. The SMILES string of the molecule is O=C(O)N1CCN(Cc2cc(Cl)ccc2N2CCOCC2)CC1. The van der Waals surface area contributed by atoms with Crippen LogP contribution in [0.15, 0.2) is 18.2 Å². The molecule has 1 N–H and O–H groups in total. The van der Waals surface area contributed by atoms with Gasteiger partial charge in [0.2, 0.25) is 0 Å². The molecule has 2 aliphatic rings. The number of piperazine rings is 1. The van der Waals surface area contributed by atoms with Crippen molar-refractivity contribution in [2.24, 2.45) is 0 Å². The number of amides is 1. The number of carboxylic acid groups (broad SMARTS) is 1. The van der Waals surface area contributed by atoms with Crippen LogP contribution in [0.5, 0.6) is 0 Å². The van der Waals surface area contributed by atoms with Gasteiger partial charge in [0.1, 0.15) is 0 Å². The van der Waals surface area contributed by atoms with E-state index in [9.17, 15) is 4.79 Å². The number of rotatable bonds is 3. The zero-order valence-corrected chi connectivity index (χ0v) is 13.8. The highest BCUT2D eigenvalue weighted by molar-refractivity contribution is 6.30. The summed E-state index contributed by atoms with van der Waals surface area (Å²) < 4.78 is 5.43. The highest BCUT2D eigenvalue weighted by Gasteiger charge is 2.22. The largest absolute Gasteiger partial charge is 0.465 e. The first-order valence-electron chi connectivity index (χ1n) is 7.95. The molecule has 0 radical (unpaired) electrons. The minimum Gasteiger partial charge on any atom is -0.465 e. The molecule has 0 spiro atoms. The summed E-state index contributed by atoms with van der Waals surface area (Å²) in [6, 6.07) is 6.03. The second-order valence-electron chi connectivity index (χ2n) is 5.92. The van der Waals surface area contributed by atoms with Gasteiger partial charge in [-0.15, -0.1) is 0 Å². The third kappa shape index (κ3) is 4.07. The molecule has 1 aromatic carbocycles. The molecule has 0 aromatic heterocycles. The lowest BCUT2D eigenvalue weighted by molar-refractivity contribution is 0.103. The summed E-state index contributed by atoms with van der Waals surface area (Å²) in [4.78, 5) is 17.1. The van der Waals surface area contributed by atoms with Gasteiger partial charge >= 0.3 is 6.09 Å². The molecule has 1 aromatic rings. The van der Waals surface area contributed by atoms with Crippen molar-refractivity contribution in [3.8, 4) is 0 Å². The molecule has 0 saturated carbocycles. The van der Waals surface area contributed by atoms with Crippen LogP contribution in [0.2, 0.25) is 5.02 Å². The zero-order chi connectivity index (χ0) is 16.2. The van der Waals surface area contributed by atoms with Crippen molar-refractivity contribution in [1.29, 1.82) is 0 Å². The van der Waals surface area contributed by atoms with Gasteiger partial charge < -0.3 is 19.6 Å². The van der Waals surface area contributed by atoms with E-state index in [1.165, 1.54) is 16.2 Å². The number of anilines is 1. The van der Waals surface area contributed by atoms with Gasteiger partial charge in [-0.05, 0) is 23.8 Å². The van der Waals surface area contributed by atoms with Crippen LogP contribution in [-0.2, 0) is 11.3 Å². The molecule has 2 saturated heterocycles. The van der Waals surface area contributed by atoms with E-state index in [0.29, 0.717) is 13.1 Å². The fraction of sp³-hybridized carbons (Fsp3) is 0.562. The Labute approximate surface area is 141 Å². The Balaban J connectivity index is 1.69. The third-order valence-electron chi connectivity index (χ3n) is 4.43. The maximum Gasteiger partial charge on any atom is 0.407 e. The molecule has 0 unspecified atom stereocenters. The second kappa shape index (κ2) is 7.38. The minimum atomic E-state index is -0.832. The van der Waals surface area contributed by atoms with Gasteiger partial charge in [0.15, 0.2) is 0 Å². The van der Waals surface area contributed by atoms with Crippen molar-refractivity contribution in [3.05, 3.63) is 28.8 Å². The molecule has 6 nitrogen and oxygen atoms in total. The van der Waals surface area contributed by atoms with Crippen molar-refractivity contribution >= 4 is 23.4 Å². The maximum atomic E-state index is 11.0. The molecule has 2 fully saturated rings. The standard InChI is InChI=1S/C16H22ClN3O3/c17-14-1-2-15(19-7-9-23-10-8-19)13(11-14)12-18-3-5-20(6-4-18)16(21)22/h1-2,11H,3-10,12H2,(H,21,22). The van der Waals surface area contributed by atoms with Crippen molar-refractivity contribution in [3.63, 3.8) is 0 Å². The van der Waals surface area contributed by atoms with E-state index in [1.807, 2.05) is 12.1 Å². The predicted molar refractivity (Wildman–Crippen MR) is 89.4 cm³/mol. The fourth-order valence-electron chi connectivity index (χ4n) is 3.13. The molecule has 3 rings (SSSR count). The van der Waals surface area contributed by atoms with Crippen LogP contribution >= 0.6 is 11.6 Å². The molecule has 0 aliphatic carbocycles. The first-order chi connectivity index (χ1) is 11.1. The molecule has 7 heteroatoms. The zero-order valence-electron chi connectivity index (χ0n) is 13.1. The van der Waals surface area contributed by atoms with Gasteiger partial charge in [-0.2, -0.15) is 0 Å². The van der Waals surface area contributed by atoms with E-state index in [1.54, 1.807) is 0 Å². The van der Waals surface area contributed by atoms with Gasteiger partial charge in [-0.3, -0.25) is 4.90 Å². The Hall–Kier alpha value is -1.50. The average Bonchev–Trinajstić information content (AvgIpc) is 2.56. The summed E-state index contributed by atoms with van der Waals surface area (Å²) >= 11 is 6.19. The van der Waals surface area contributed by atoms with Crippen LogP contribution in [0.4, 0.5) is 10.5 Å². The van der Waals surface area contributed by atoms with Crippen LogP contribution < -0.4 is 4.90 Å². The van der Waals surface area contributed by atoms with Gasteiger partial charge in [0.25, 0.3) is 0 Å². The van der Waals surface area contributed by atoms with E-state index >= 15 is 0 Å². The van der Waals surface area contributed by atoms with Gasteiger partial charge in [-0.1, -0.05) is 11.6 Å². The van der Waals surface area contributed by atoms with E-state index in [2.05, 4.69) is 15.9 Å². The number of nitrogens with zero attached hydrogens (tertiary/aromatic N) is 3. The van der Waals surface area contributed by atoms with E-state index in [-0.39, 0.29) is 0 Å². The van der Waals surface area contributed by atoms with Gasteiger partial charge in [0, 0.05) is 56.5 Å². The average molecular weight is 340 g/mol. The second-order valence-corrected chi connectivity index (χ2v) is 6.35. The van der Waals surface area contributed by atoms with E-state index in [0.717, 1.165) is 51.0 Å². The lowest BCUT2D eigenvalue weighted by Gasteiger charge is -2.35. The molecule has 126 valence electrons. The van der Waals surface area contributed by atoms with Crippen molar-refractivity contribution in [2.75, 3.05) is 57.4 Å². The number of morpholine rings is 1. The summed E-state index contributed by atoms with van der Waals surface area (Å²) in [5.74, 6) is 0. The van der Waals surface area contributed by atoms with Crippen LogP contribution in [0, 0.1) is 0 Å². The van der Waals surface area contributed by atoms with E-state index in [4.69, 9.17) is 21.4 Å². The monoisotopic (exact) mass is 339 g/mol. The first-order valence-corrected chi connectivity index (χ1v) is 8.32. The molecular weight excluding hydrogens is 318 g/mol. The fourth-order valence-corrected chi connectivity index (χ4v) is 3.33. The van der Waals surface area contributed by atoms with Crippen LogP contribution in [-0.4, -0.2) is 73.5 Å². The number of carbonyl (C=O) groups is 1. The summed E-state index contributed by atoms with van der Waals surface area (Å²) in [6.45, 7) is 6.69. The summed E-state index contributed by atoms with van der Waals surface area (Å²) in [5, 5.41) is 9.77. The quantitative estimate of drug-likeness (QED) is 0.912. The number of hydrogen-bond donors (Lipinski definition) is 1. The van der Waals surface area contributed by atoms with Crippen LogP contribution in [0.1, 0.15) is 5.56 Å². The van der Waals surface area contributed by atoms with Crippen molar-refractivity contribution in [2.45, 2.75) is 6.54 Å². The Kier molecular flexibility index (Phi) is 5.25. The molecule has 23 heavy (non-hydrogen) atoms. The molecular formula is C16H22ClN3O3. The number of benzene rings is 1. The van der Waals surface area contributed by atoms with Gasteiger partial charge in [-0.25, -0.2) is 4.79 Å². The topological polar surface area (TPSA) is 56.2 Å². The molecule has 2 heterocycles. The van der Waals surface area contributed by atoms with E-state index < -0.39 is 6.09 Å². The van der Waals surface area contributed by atoms with Crippen LogP contribution in [0.3, 0.4) is 0 Å². The normalized spacial score (nSPS) is 19.9. The minimum absolute atomic E-state index is 0.558. The van der Waals surface area contributed by atoms with Gasteiger partial charge in [0.05, 0.1) is 13.2 Å². The molecule has 1 amide bonds. The Morgan fingerprint density at radius 1 is 1.13 bits per heavy atom. The highest BCUT2D eigenvalue weighted by Crippen LogP contribution is 2.27. The molecule has 0 atom stereocenters. The first kappa shape index (κ1) is 16.4. The number of ether oxygens (including phenoxy) is 1. The Bertz CT molecular complexity index is 556. The lowest BCUT2D eigenvalue weighted by atomic mass is 10.1. The number of hydrogen-bond acceptors (Lipinski definition) is 4. The molecule has 0 bridgehead atoms. The Morgan fingerprint density at radius 2 is 1.83 bits per heavy atom. The predicted octanol–water partition coefficient (Wildman–Crippen LogP) is 1.97. The Morgan fingerprint density at radius 3 is 2.48 bits per heavy atom. The number of halogens is 1. The smallest absolute Gasteiger partial charge is 0.407 e. The van der Waals surface area contributed by atoms with Crippen molar-refractivity contribution < 1.29 is 14.6 Å². The van der Waals surface area contributed by atoms with Crippen LogP contribution in [0.25, 0.3) is 0 Å². The summed E-state index contributed by atoms with van der Waals surface area (Å²) in [5.41, 5.74) is 2.40. The van der Waals surface area contributed by atoms with Crippen molar-refractivity contribution in [1.82, 2.24) is 9.80 Å². The molecule has 2 aliphatic heterocycles.